The Labute approximate surface area is 297 Å². The highest BCUT2D eigenvalue weighted by Gasteiger charge is 2.50. The highest BCUT2D eigenvalue weighted by atomic mass is 16.8. The first-order valence-electron chi connectivity index (χ1n) is 18.0. The van der Waals surface area contributed by atoms with Gasteiger partial charge in [-0.25, -0.2) is 0 Å². The molecule has 6 unspecified atom stereocenters. The predicted molar refractivity (Wildman–Crippen MR) is 178 cm³/mol. The Kier molecular flexibility index (Phi) is 22.7. The largest absolute Gasteiger partial charge is 0.463 e. The molecule has 19 nitrogen and oxygen atoms in total. The van der Waals surface area contributed by atoms with Crippen molar-refractivity contribution in [3.63, 3.8) is 0 Å². The number of unbranched alkanes of at least 4 members (excludes halogenated alkanes) is 12. The topological polar surface area (TPSA) is 299 Å². The summed E-state index contributed by atoms with van der Waals surface area (Å²) < 4.78 is 27.1. The van der Waals surface area contributed by atoms with Crippen LogP contribution in [0.5, 0.6) is 0 Å². The summed E-state index contributed by atoms with van der Waals surface area (Å²) in [6.07, 6.45) is -4.14. The molecule has 2 saturated heterocycles. The van der Waals surface area contributed by atoms with E-state index in [-0.39, 0.29) is 12.8 Å². The minimum Gasteiger partial charge on any atom is -0.463 e. The molecule has 0 bridgehead atoms. The fourth-order valence-electron chi connectivity index (χ4n) is 5.72. The molecule has 0 saturated carbocycles. The van der Waals surface area contributed by atoms with Crippen molar-refractivity contribution >= 4 is 11.9 Å². The lowest BCUT2D eigenvalue weighted by atomic mass is 9.98. The minimum absolute atomic E-state index is 0.126. The maximum Gasteiger partial charge on any atom is 0.305 e. The minimum atomic E-state index is -1.83. The van der Waals surface area contributed by atoms with E-state index in [0.29, 0.717) is 25.9 Å². The van der Waals surface area contributed by atoms with Gasteiger partial charge in [0, 0.05) is 35.8 Å². The van der Waals surface area contributed by atoms with E-state index >= 15 is 0 Å². The number of rotatable bonds is 26. The van der Waals surface area contributed by atoms with E-state index in [0.717, 1.165) is 77.0 Å². The van der Waals surface area contributed by atoms with Crippen LogP contribution in [0.4, 0.5) is 0 Å². The van der Waals surface area contributed by atoms with Gasteiger partial charge in [0.05, 0.1) is 0 Å². The molecule has 2 fully saturated rings. The number of nitrogens with zero attached hydrogens (tertiary/aromatic N) is 6. The first-order valence-corrected chi connectivity index (χ1v) is 18.0. The summed E-state index contributed by atoms with van der Waals surface area (Å²) in [5.41, 5.74) is 16.5. The van der Waals surface area contributed by atoms with Gasteiger partial charge in [-0.05, 0) is 36.7 Å². The molecule has 2 heterocycles. The van der Waals surface area contributed by atoms with Crippen LogP contribution in [0, 0.1) is 0 Å². The van der Waals surface area contributed by atoms with Crippen LogP contribution >= 0.6 is 0 Å². The second-order valence-electron chi connectivity index (χ2n) is 12.9. The number of esters is 2. The van der Waals surface area contributed by atoms with Crippen LogP contribution in [-0.2, 0) is 33.3 Å². The van der Waals surface area contributed by atoms with Gasteiger partial charge < -0.3 is 54.3 Å². The summed E-state index contributed by atoms with van der Waals surface area (Å²) in [7, 11) is 0. The van der Waals surface area contributed by atoms with Crippen molar-refractivity contribution < 1.29 is 63.9 Å². The number of aliphatic hydroxyl groups excluding tert-OH is 6. The lowest BCUT2D eigenvalue weighted by Gasteiger charge is -2.44. The van der Waals surface area contributed by atoms with Crippen molar-refractivity contribution in [3.05, 3.63) is 20.9 Å². The first kappa shape index (κ1) is 44.4. The quantitative estimate of drug-likeness (QED) is 0.0245. The Morgan fingerprint density at radius 2 is 0.843 bits per heavy atom. The van der Waals surface area contributed by atoms with Gasteiger partial charge in [-0.3, -0.25) is 9.59 Å². The SMILES string of the molecule is [N-]=[N+]=NCCCCCCCCCC(=O)OCC1O[C@H](O[C@H]2OC(COC(=O)CCCCCCCCCN=[N+]=[N-])[C@@H](O)C(O)C2O)C(O)C(O)[C@@H]1O. The van der Waals surface area contributed by atoms with Crippen molar-refractivity contribution in [1.29, 1.82) is 0 Å². The van der Waals surface area contributed by atoms with E-state index in [1.165, 1.54) is 0 Å². The lowest BCUT2D eigenvalue weighted by molar-refractivity contribution is -0.376. The second-order valence-corrected chi connectivity index (χ2v) is 12.9. The molecule has 0 aromatic heterocycles. The number of carbonyl (C=O) groups is 2. The highest BCUT2D eigenvalue weighted by molar-refractivity contribution is 5.69. The summed E-state index contributed by atoms with van der Waals surface area (Å²) in [6.45, 7) is 0.0320. The van der Waals surface area contributed by atoms with Gasteiger partial charge in [-0.2, -0.15) is 0 Å². The third-order valence-corrected chi connectivity index (χ3v) is 8.83. The van der Waals surface area contributed by atoms with E-state index in [1.54, 1.807) is 0 Å². The average molecular weight is 733 g/mol. The Morgan fingerprint density at radius 1 is 0.510 bits per heavy atom. The molecule has 0 aromatic carbocycles. The summed E-state index contributed by atoms with van der Waals surface area (Å²) in [4.78, 5) is 30.0. The van der Waals surface area contributed by atoms with E-state index < -0.39 is 86.6 Å². The van der Waals surface area contributed by atoms with Crippen LogP contribution in [0.3, 0.4) is 0 Å². The Balaban J connectivity index is 1.74. The van der Waals surface area contributed by atoms with Crippen molar-refractivity contribution in [3.8, 4) is 0 Å². The van der Waals surface area contributed by atoms with Crippen molar-refractivity contribution in [2.75, 3.05) is 26.3 Å². The van der Waals surface area contributed by atoms with E-state index in [1.807, 2.05) is 0 Å². The Hall–Kier alpha value is -2.80. The molecule has 6 N–H and O–H groups in total. The monoisotopic (exact) mass is 732 g/mol. The van der Waals surface area contributed by atoms with Gasteiger partial charge in [-0.15, -0.1) is 0 Å². The van der Waals surface area contributed by atoms with Crippen LogP contribution in [0.1, 0.15) is 103 Å². The zero-order chi connectivity index (χ0) is 37.4. The number of aliphatic hydroxyl groups is 6. The van der Waals surface area contributed by atoms with Gasteiger partial charge in [0.2, 0.25) is 0 Å². The number of azide groups is 2. The summed E-state index contributed by atoms with van der Waals surface area (Å²) >= 11 is 0. The molecule has 0 spiro atoms. The molecule has 2 aliphatic rings. The van der Waals surface area contributed by atoms with Crippen molar-refractivity contribution in [1.82, 2.24) is 0 Å². The molecular formula is C32H56N6O13. The van der Waals surface area contributed by atoms with Gasteiger partial charge in [0.1, 0.15) is 62.0 Å². The Morgan fingerprint density at radius 3 is 1.20 bits per heavy atom. The van der Waals surface area contributed by atoms with Crippen LogP contribution < -0.4 is 0 Å². The summed E-state index contributed by atoms with van der Waals surface area (Å²) in [6, 6.07) is 0. The Bertz CT molecular complexity index is 1010. The van der Waals surface area contributed by atoms with E-state index in [2.05, 4.69) is 20.1 Å². The lowest BCUT2D eigenvalue weighted by Crippen LogP contribution is -2.64. The van der Waals surface area contributed by atoms with Crippen molar-refractivity contribution in [2.45, 2.75) is 164 Å². The molecule has 0 aliphatic carbocycles. The molecule has 292 valence electrons. The van der Waals surface area contributed by atoms with Crippen LogP contribution in [0.2, 0.25) is 0 Å². The third-order valence-electron chi connectivity index (χ3n) is 8.83. The number of hydrogen-bond acceptors (Lipinski definition) is 15. The maximum atomic E-state index is 12.3. The summed E-state index contributed by atoms with van der Waals surface area (Å²) in [5, 5.41) is 69.7. The third kappa shape index (κ3) is 17.1. The first-order chi connectivity index (χ1) is 24.6. The van der Waals surface area contributed by atoms with Gasteiger partial charge in [0.15, 0.2) is 12.6 Å². The van der Waals surface area contributed by atoms with Crippen LogP contribution in [0.25, 0.3) is 20.9 Å². The molecular weight excluding hydrogens is 676 g/mol. The molecule has 0 aromatic rings. The normalized spacial score (nSPS) is 29.1. The molecule has 0 amide bonds. The second kappa shape index (κ2) is 26.0. The van der Waals surface area contributed by atoms with E-state index in [9.17, 15) is 40.2 Å². The molecule has 0 radical (unpaired) electrons. The van der Waals surface area contributed by atoms with E-state index in [4.69, 9.17) is 34.7 Å². The molecule has 19 heteroatoms. The van der Waals surface area contributed by atoms with Gasteiger partial charge in [0.25, 0.3) is 0 Å². The zero-order valence-electron chi connectivity index (χ0n) is 29.1. The highest BCUT2D eigenvalue weighted by Crippen LogP contribution is 2.29. The average Bonchev–Trinajstić information content (AvgIpc) is 3.12. The maximum absolute atomic E-state index is 12.3. The number of carbonyl (C=O) groups excluding carboxylic acids is 2. The van der Waals surface area contributed by atoms with Crippen LogP contribution in [-0.4, -0.2) is 130 Å². The van der Waals surface area contributed by atoms with Crippen molar-refractivity contribution in [2.24, 2.45) is 10.2 Å². The fraction of sp³-hybridized carbons (Fsp3) is 0.938. The zero-order valence-corrected chi connectivity index (χ0v) is 29.1. The molecule has 51 heavy (non-hydrogen) atoms. The standard InChI is InChI=1S/C32H56N6O13/c33-37-35-17-13-9-5-1-3-7-11-15-23(39)47-19-21-25(41)27(43)29(45)31(49-21)51-32-30(46)28(44)26(42)22(50-32)20-48-24(40)16-12-8-4-2-6-10-14-18-36-38-34/h21-22,25-32,41-46H,1-20H2/t21?,22?,25-,26-,27?,28?,29?,30?,31-,32-/m1/s1. The predicted octanol–water partition coefficient (Wildman–Crippen LogP) is 2.57. The molecule has 2 aliphatic heterocycles. The smallest absolute Gasteiger partial charge is 0.305 e. The fourth-order valence-corrected chi connectivity index (χ4v) is 5.72. The number of hydrogen-bond donors (Lipinski definition) is 6. The van der Waals surface area contributed by atoms with Crippen LogP contribution in [0.15, 0.2) is 10.2 Å². The molecule has 2 rings (SSSR count). The number of ether oxygens (including phenoxy) is 5. The molecule has 10 atom stereocenters. The summed E-state index contributed by atoms with van der Waals surface area (Å²) in [5.74, 6) is -1.09. The van der Waals surface area contributed by atoms with Gasteiger partial charge >= 0.3 is 11.9 Å². The van der Waals surface area contributed by atoms with Gasteiger partial charge in [-0.1, -0.05) is 74.4 Å².